The third-order valence-corrected chi connectivity index (χ3v) is 2.83. The summed E-state index contributed by atoms with van der Waals surface area (Å²) >= 11 is 5.79. The van der Waals surface area contributed by atoms with Gasteiger partial charge in [0.25, 0.3) is 5.91 Å². The number of halogens is 2. The van der Waals surface area contributed by atoms with Crippen LogP contribution in [0.5, 0.6) is 5.75 Å². The van der Waals surface area contributed by atoms with Crippen LogP contribution in [0.15, 0.2) is 36.4 Å². The Kier molecular flexibility index (Phi) is 3.57. The van der Waals surface area contributed by atoms with E-state index in [1.54, 1.807) is 0 Å². The van der Waals surface area contributed by atoms with E-state index in [1.807, 2.05) is 0 Å². The van der Waals surface area contributed by atoms with Gasteiger partial charge in [-0.2, -0.15) is 0 Å². The van der Waals surface area contributed by atoms with Crippen LogP contribution in [0.2, 0.25) is 5.02 Å². The third-order valence-electron chi connectivity index (χ3n) is 2.51. The summed E-state index contributed by atoms with van der Waals surface area (Å²) in [5.74, 6) is -1.71. The van der Waals surface area contributed by atoms with Gasteiger partial charge in [0.1, 0.15) is 5.82 Å². The summed E-state index contributed by atoms with van der Waals surface area (Å²) in [4.78, 5) is 11.9. The van der Waals surface area contributed by atoms with Crippen LogP contribution in [-0.4, -0.2) is 11.0 Å². The van der Waals surface area contributed by atoms with Crippen LogP contribution in [0.3, 0.4) is 0 Å². The molecule has 4 nitrogen and oxygen atoms in total. The zero-order valence-electron chi connectivity index (χ0n) is 9.65. The highest BCUT2D eigenvalue weighted by molar-refractivity contribution is 6.34. The van der Waals surface area contributed by atoms with Crippen molar-refractivity contribution in [3.05, 3.63) is 52.8 Å². The summed E-state index contributed by atoms with van der Waals surface area (Å²) in [5, 5.41) is 12.0. The predicted molar refractivity (Wildman–Crippen MR) is 71.9 cm³/mol. The van der Waals surface area contributed by atoms with Crippen molar-refractivity contribution in [2.45, 2.75) is 0 Å². The van der Waals surface area contributed by atoms with E-state index in [0.717, 1.165) is 0 Å². The monoisotopic (exact) mass is 280 g/mol. The van der Waals surface area contributed by atoms with Gasteiger partial charge >= 0.3 is 0 Å². The Morgan fingerprint density at radius 3 is 2.63 bits per heavy atom. The molecule has 0 saturated carbocycles. The number of rotatable bonds is 2. The summed E-state index contributed by atoms with van der Waals surface area (Å²) in [7, 11) is 0. The van der Waals surface area contributed by atoms with Gasteiger partial charge in [0.05, 0.1) is 22.0 Å². The highest BCUT2D eigenvalue weighted by Crippen LogP contribution is 2.28. The molecule has 98 valence electrons. The van der Waals surface area contributed by atoms with Gasteiger partial charge in [0, 0.05) is 0 Å². The lowest BCUT2D eigenvalue weighted by atomic mass is 10.1. The number of para-hydroxylation sites is 2. The number of carbonyl (C=O) groups excluding carboxylic acids is 1. The lowest BCUT2D eigenvalue weighted by Gasteiger charge is -2.10. The average Bonchev–Trinajstić information content (AvgIpc) is 2.37. The average molecular weight is 281 g/mol. The van der Waals surface area contributed by atoms with Crippen molar-refractivity contribution in [2.24, 2.45) is 0 Å². The molecule has 2 aromatic rings. The van der Waals surface area contributed by atoms with Gasteiger partial charge in [-0.05, 0) is 24.3 Å². The number of amides is 1. The molecule has 0 saturated heterocycles. The lowest BCUT2D eigenvalue weighted by molar-refractivity contribution is 0.102. The maximum absolute atomic E-state index is 13.5. The van der Waals surface area contributed by atoms with Crippen LogP contribution in [0, 0.1) is 5.82 Å². The van der Waals surface area contributed by atoms with Gasteiger partial charge in [-0.25, -0.2) is 4.39 Å². The summed E-state index contributed by atoms with van der Waals surface area (Å²) in [6, 6.07) is 8.36. The summed E-state index contributed by atoms with van der Waals surface area (Å²) in [6.45, 7) is 0. The number of phenolic OH excluding ortho intramolecular Hbond substituents is 1. The number of nitrogens with one attached hydrogen (secondary N) is 1. The Morgan fingerprint density at radius 1 is 1.26 bits per heavy atom. The molecule has 6 heteroatoms. The minimum atomic E-state index is -0.697. The largest absolute Gasteiger partial charge is 0.505 e. The van der Waals surface area contributed by atoms with Crippen LogP contribution in [-0.2, 0) is 0 Å². The lowest BCUT2D eigenvalue weighted by Crippen LogP contribution is -2.14. The quantitative estimate of drug-likeness (QED) is 0.585. The van der Waals surface area contributed by atoms with Gasteiger partial charge in [0.15, 0.2) is 5.75 Å². The number of hydrogen-bond acceptors (Lipinski definition) is 3. The molecule has 0 aliphatic heterocycles. The van der Waals surface area contributed by atoms with Crippen molar-refractivity contribution >= 4 is 28.9 Å². The second-order valence-corrected chi connectivity index (χ2v) is 4.20. The number of hydrogen-bond donors (Lipinski definition) is 3. The van der Waals surface area contributed by atoms with Crippen LogP contribution >= 0.6 is 11.6 Å². The first-order valence-electron chi connectivity index (χ1n) is 5.33. The van der Waals surface area contributed by atoms with Gasteiger partial charge in [-0.1, -0.05) is 23.7 Å². The van der Waals surface area contributed by atoms with Crippen molar-refractivity contribution in [3.8, 4) is 5.75 Å². The first kappa shape index (κ1) is 13.2. The Labute approximate surface area is 113 Å². The molecule has 0 fully saturated rings. The Balaban J connectivity index is 2.34. The molecule has 0 bridgehead atoms. The fourth-order valence-electron chi connectivity index (χ4n) is 1.54. The van der Waals surface area contributed by atoms with Crippen molar-refractivity contribution < 1.29 is 14.3 Å². The van der Waals surface area contributed by atoms with E-state index in [2.05, 4.69) is 5.32 Å². The number of nitrogen functional groups attached to an aromatic ring is 1. The molecule has 0 aliphatic carbocycles. The SMILES string of the molecule is Nc1cccc(C(=O)Nc2c(F)cccc2Cl)c1O. The fourth-order valence-corrected chi connectivity index (χ4v) is 1.75. The Hall–Kier alpha value is -2.27. The van der Waals surface area contributed by atoms with Crippen molar-refractivity contribution in [3.63, 3.8) is 0 Å². The molecule has 2 rings (SSSR count). The molecule has 19 heavy (non-hydrogen) atoms. The summed E-state index contributed by atoms with van der Waals surface area (Å²) in [6.07, 6.45) is 0. The van der Waals surface area contributed by atoms with Crippen LogP contribution in [0.25, 0.3) is 0 Å². The highest BCUT2D eigenvalue weighted by atomic mass is 35.5. The van der Waals surface area contributed by atoms with Gasteiger partial charge < -0.3 is 16.2 Å². The van der Waals surface area contributed by atoms with Crippen molar-refractivity contribution in [1.82, 2.24) is 0 Å². The van der Waals surface area contributed by atoms with E-state index < -0.39 is 11.7 Å². The minimum Gasteiger partial charge on any atom is -0.505 e. The molecular formula is C13H10ClFN2O2. The van der Waals surface area contributed by atoms with Crippen LogP contribution in [0.4, 0.5) is 15.8 Å². The van der Waals surface area contributed by atoms with E-state index in [4.69, 9.17) is 17.3 Å². The summed E-state index contributed by atoms with van der Waals surface area (Å²) < 4.78 is 13.5. The molecular weight excluding hydrogens is 271 g/mol. The zero-order chi connectivity index (χ0) is 14.0. The smallest absolute Gasteiger partial charge is 0.259 e. The van der Waals surface area contributed by atoms with E-state index in [1.165, 1.54) is 36.4 Å². The van der Waals surface area contributed by atoms with E-state index >= 15 is 0 Å². The maximum atomic E-state index is 13.5. The number of carbonyl (C=O) groups is 1. The van der Waals surface area contributed by atoms with Gasteiger partial charge in [-0.3, -0.25) is 4.79 Å². The second-order valence-electron chi connectivity index (χ2n) is 3.79. The molecule has 4 N–H and O–H groups in total. The normalized spacial score (nSPS) is 10.2. The van der Waals surface area contributed by atoms with Crippen molar-refractivity contribution in [1.29, 1.82) is 0 Å². The molecule has 0 heterocycles. The molecule has 0 atom stereocenters. The number of phenols is 1. The Morgan fingerprint density at radius 2 is 1.95 bits per heavy atom. The van der Waals surface area contributed by atoms with E-state index in [0.29, 0.717) is 0 Å². The maximum Gasteiger partial charge on any atom is 0.259 e. The minimum absolute atomic E-state index is 0.0562. The number of nitrogens with two attached hydrogens (primary N) is 1. The molecule has 1 amide bonds. The molecule has 0 radical (unpaired) electrons. The molecule has 0 aromatic heterocycles. The first-order valence-corrected chi connectivity index (χ1v) is 5.71. The standard InChI is InChI=1S/C13H10ClFN2O2/c14-8-4-2-5-9(15)11(8)17-13(19)7-3-1-6-10(16)12(7)18/h1-6,18H,16H2,(H,17,19). The van der Waals surface area contributed by atoms with Gasteiger partial charge in [0.2, 0.25) is 0 Å². The number of benzene rings is 2. The van der Waals surface area contributed by atoms with E-state index in [9.17, 15) is 14.3 Å². The molecule has 2 aromatic carbocycles. The fraction of sp³-hybridized carbons (Fsp3) is 0. The third kappa shape index (κ3) is 2.61. The van der Waals surface area contributed by atoms with Gasteiger partial charge in [-0.15, -0.1) is 0 Å². The van der Waals surface area contributed by atoms with Crippen molar-refractivity contribution in [2.75, 3.05) is 11.1 Å². The van der Waals surface area contributed by atoms with Crippen LogP contribution in [0.1, 0.15) is 10.4 Å². The topological polar surface area (TPSA) is 75.4 Å². The predicted octanol–water partition coefficient (Wildman–Crippen LogP) is 3.02. The first-order chi connectivity index (χ1) is 9.00. The summed E-state index contributed by atoms with van der Waals surface area (Å²) in [5.41, 5.74) is 5.34. The van der Waals surface area contributed by atoms with E-state index in [-0.39, 0.29) is 27.7 Å². The molecule has 0 aliphatic rings. The van der Waals surface area contributed by atoms with Crippen LogP contribution < -0.4 is 11.1 Å². The molecule has 0 unspecified atom stereocenters. The molecule has 0 spiro atoms. The number of aromatic hydroxyl groups is 1. The number of anilines is 2. The Bertz CT molecular complexity index is 626. The second kappa shape index (κ2) is 5.16. The zero-order valence-corrected chi connectivity index (χ0v) is 10.4. The highest BCUT2D eigenvalue weighted by Gasteiger charge is 2.16.